The number of alkyl halides is 3. The Morgan fingerprint density at radius 3 is 2.03 bits per heavy atom. The molecule has 5 nitrogen and oxygen atoms in total. The third-order valence-electron chi connectivity index (χ3n) is 5.27. The van der Waals surface area contributed by atoms with Crippen molar-refractivity contribution >= 4 is 17.5 Å². The number of hydrogen-bond donors (Lipinski definition) is 1. The van der Waals surface area contributed by atoms with Gasteiger partial charge in [0.1, 0.15) is 0 Å². The van der Waals surface area contributed by atoms with Crippen molar-refractivity contribution < 1.29 is 22.8 Å². The van der Waals surface area contributed by atoms with Crippen molar-refractivity contribution in [3.05, 3.63) is 65.2 Å². The first kappa shape index (κ1) is 22.8. The van der Waals surface area contributed by atoms with Gasteiger partial charge in [-0.1, -0.05) is 26.0 Å². The number of piperazine rings is 1. The highest BCUT2D eigenvalue weighted by atomic mass is 19.4. The van der Waals surface area contributed by atoms with Gasteiger partial charge in [-0.3, -0.25) is 14.5 Å². The van der Waals surface area contributed by atoms with E-state index in [2.05, 4.69) is 10.2 Å². The standard InChI is InChI=1S/C23H26F3N3O2/c1-16(2)21(30)27-20-9-5-18(6-10-20)22(31)29-13-11-28(12-14-29)15-17-3-7-19(8-4-17)23(24,25)26/h3-10,16H,11-15H2,1-2H3,(H,27,30). The molecule has 1 saturated heterocycles. The first-order valence-electron chi connectivity index (χ1n) is 10.2. The summed E-state index contributed by atoms with van der Waals surface area (Å²) in [6.45, 7) is 6.56. The molecule has 0 unspecified atom stereocenters. The van der Waals surface area contributed by atoms with Gasteiger partial charge >= 0.3 is 6.18 Å². The van der Waals surface area contributed by atoms with E-state index in [1.807, 2.05) is 13.8 Å². The molecule has 1 N–H and O–H groups in total. The second kappa shape index (κ2) is 9.51. The maximum atomic E-state index is 12.8. The van der Waals surface area contributed by atoms with Crippen LogP contribution in [0, 0.1) is 5.92 Å². The summed E-state index contributed by atoms with van der Waals surface area (Å²) in [5.41, 5.74) is 1.36. The van der Waals surface area contributed by atoms with E-state index in [0.717, 1.165) is 17.7 Å². The molecule has 31 heavy (non-hydrogen) atoms. The smallest absolute Gasteiger partial charge is 0.336 e. The highest BCUT2D eigenvalue weighted by Crippen LogP contribution is 2.29. The quantitative estimate of drug-likeness (QED) is 0.767. The summed E-state index contributed by atoms with van der Waals surface area (Å²) in [6.07, 6.45) is -4.33. The summed E-state index contributed by atoms with van der Waals surface area (Å²) in [5.74, 6) is -0.278. The highest BCUT2D eigenvalue weighted by Gasteiger charge is 2.30. The minimum atomic E-state index is -4.33. The average molecular weight is 433 g/mol. The summed E-state index contributed by atoms with van der Waals surface area (Å²) in [5, 5.41) is 2.79. The number of anilines is 1. The number of hydrogen-bond acceptors (Lipinski definition) is 3. The summed E-state index contributed by atoms with van der Waals surface area (Å²) in [6, 6.07) is 12.0. The minimum Gasteiger partial charge on any atom is -0.336 e. The van der Waals surface area contributed by atoms with E-state index >= 15 is 0 Å². The van der Waals surface area contributed by atoms with Crippen molar-refractivity contribution in [2.75, 3.05) is 31.5 Å². The Balaban J connectivity index is 1.51. The van der Waals surface area contributed by atoms with E-state index in [1.54, 1.807) is 29.2 Å². The SMILES string of the molecule is CC(C)C(=O)Nc1ccc(C(=O)N2CCN(Cc3ccc(C(F)(F)F)cc3)CC2)cc1. The van der Waals surface area contributed by atoms with Crippen LogP contribution in [0.4, 0.5) is 18.9 Å². The first-order chi connectivity index (χ1) is 14.6. The van der Waals surface area contributed by atoms with Crippen LogP contribution in [0.5, 0.6) is 0 Å². The lowest BCUT2D eigenvalue weighted by Gasteiger charge is -2.34. The van der Waals surface area contributed by atoms with Gasteiger partial charge in [0, 0.05) is 49.9 Å². The van der Waals surface area contributed by atoms with Crippen LogP contribution in [0.15, 0.2) is 48.5 Å². The molecule has 2 aromatic rings. The van der Waals surface area contributed by atoms with Gasteiger partial charge in [-0.15, -0.1) is 0 Å². The number of nitrogens with one attached hydrogen (secondary N) is 1. The van der Waals surface area contributed by atoms with Crippen molar-refractivity contribution in [3.63, 3.8) is 0 Å². The zero-order valence-electron chi connectivity index (χ0n) is 17.6. The van der Waals surface area contributed by atoms with Crippen LogP contribution in [0.2, 0.25) is 0 Å². The maximum absolute atomic E-state index is 12.8. The number of nitrogens with zero attached hydrogens (tertiary/aromatic N) is 2. The molecule has 0 saturated carbocycles. The van der Waals surface area contributed by atoms with Crippen LogP contribution in [-0.4, -0.2) is 47.8 Å². The Labute approximate surface area is 179 Å². The largest absolute Gasteiger partial charge is 0.416 e. The van der Waals surface area contributed by atoms with Crippen LogP contribution in [-0.2, 0) is 17.5 Å². The second-order valence-corrected chi connectivity index (χ2v) is 7.98. The van der Waals surface area contributed by atoms with Crippen LogP contribution < -0.4 is 5.32 Å². The topological polar surface area (TPSA) is 52.7 Å². The normalized spacial score (nSPS) is 15.2. The molecule has 1 fully saturated rings. The van der Waals surface area contributed by atoms with E-state index in [-0.39, 0.29) is 17.7 Å². The molecule has 0 atom stereocenters. The second-order valence-electron chi connectivity index (χ2n) is 7.98. The fourth-order valence-corrected chi connectivity index (χ4v) is 3.33. The van der Waals surface area contributed by atoms with Gasteiger partial charge in [0.15, 0.2) is 0 Å². The first-order valence-corrected chi connectivity index (χ1v) is 10.2. The van der Waals surface area contributed by atoms with Crippen molar-refractivity contribution in [1.82, 2.24) is 9.80 Å². The van der Waals surface area contributed by atoms with E-state index in [1.165, 1.54) is 12.1 Å². The van der Waals surface area contributed by atoms with Crippen molar-refractivity contribution in [2.24, 2.45) is 5.92 Å². The molecule has 1 heterocycles. The maximum Gasteiger partial charge on any atom is 0.416 e. The molecule has 1 aliphatic heterocycles. The number of carbonyl (C=O) groups is 2. The fraction of sp³-hybridized carbons (Fsp3) is 0.391. The van der Waals surface area contributed by atoms with Gasteiger partial charge in [-0.05, 0) is 42.0 Å². The Bertz CT molecular complexity index is 901. The molecule has 0 aliphatic carbocycles. The molecule has 2 amide bonds. The van der Waals surface area contributed by atoms with Gasteiger partial charge in [0.05, 0.1) is 5.56 Å². The number of rotatable bonds is 5. The molecule has 166 valence electrons. The highest BCUT2D eigenvalue weighted by molar-refractivity contribution is 5.96. The van der Waals surface area contributed by atoms with Crippen molar-refractivity contribution in [3.8, 4) is 0 Å². The molecule has 3 rings (SSSR count). The monoisotopic (exact) mass is 433 g/mol. The average Bonchev–Trinajstić information content (AvgIpc) is 2.74. The Kier molecular flexibility index (Phi) is 7.00. The summed E-state index contributed by atoms with van der Waals surface area (Å²) >= 11 is 0. The molecule has 0 aromatic heterocycles. The summed E-state index contributed by atoms with van der Waals surface area (Å²) in [4.78, 5) is 28.4. The lowest BCUT2D eigenvalue weighted by molar-refractivity contribution is -0.137. The van der Waals surface area contributed by atoms with E-state index in [9.17, 15) is 22.8 Å². The predicted octanol–water partition coefficient (Wildman–Crippen LogP) is 4.26. The molecular weight excluding hydrogens is 407 g/mol. The third-order valence-corrected chi connectivity index (χ3v) is 5.27. The fourth-order valence-electron chi connectivity index (χ4n) is 3.33. The van der Waals surface area contributed by atoms with E-state index in [4.69, 9.17) is 0 Å². The van der Waals surface area contributed by atoms with Gasteiger partial charge in [0.25, 0.3) is 5.91 Å². The van der Waals surface area contributed by atoms with Crippen molar-refractivity contribution in [2.45, 2.75) is 26.6 Å². The summed E-state index contributed by atoms with van der Waals surface area (Å²) < 4.78 is 38.0. The zero-order chi connectivity index (χ0) is 22.6. The number of benzene rings is 2. The Morgan fingerprint density at radius 2 is 1.52 bits per heavy atom. The Hall–Kier alpha value is -2.87. The van der Waals surface area contributed by atoms with E-state index < -0.39 is 11.7 Å². The molecule has 1 aliphatic rings. The number of amides is 2. The van der Waals surface area contributed by atoms with E-state index in [0.29, 0.717) is 44.0 Å². The number of carbonyl (C=O) groups excluding carboxylic acids is 2. The van der Waals surface area contributed by atoms with Gasteiger partial charge in [0.2, 0.25) is 5.91 Å². The summed E-state index contributed by atoms with van der Waals surface area (Å²) in [7, 11) is 0. The van der Waals surface area contributed by atoms with Gasteiger partial charge in [-0.2, -0.15) is 13.2 Å². The van der Waals surface area contributed by atoms with Crippen LogP contribution >= 0.6 is 0 Å². The molecule has 0 bridgehead atoms. The van der Waals surface area contributed by atoms with Gasteiger partial charge < -0.3 is 10.2 Å². The molecule has 0 spiro atoms. The molecule has 0 radical (unpaired) electrons. The van der Waals surface area contributed by atoms with Crippen molar-refractivity contribution in [1.29, 1.82) is 0 Å². The number of halogens is 3. The lowest BCUT2D eigenvalue weighted by Crippen LogP contribution is -2.48. The third kappa shape index (κ3) is 6.07. The zero-order valence-corrected chi connectivity index (χ0v) is 17.6. The predicted molar refractivity (Wildman–Crippen MR) is 113 cm³/mol. The molecule has 2 aromatic carbocycles. The van der Waals surface area contributed by atoms with Crippen LogP contribution in [0.25, 0.3) is 0 Å². The Morgan fingerprint density at radius 1 is 0.935 bits per heavy atom. The minimum absolute atomic E-state index is 0.0732. The molecule has 8 heteroatoms. The van der Waals surface area contributed by atoms with Crippen LogP contribution in [0.3, 0.4) is 0 Å². The van der Waals surface area contributed by atoms with Gasteiger partial charge in [-0.25, -0.2) is 0 Å². The lowest BCUT2D eigenvalue weighted by atomic mass is 10.1. The molecular formula is C23H26F3N3O2. The van der Waals surface area contributed by atoms with Crippen LogP contribution in [0.1, 0.15) is 35.3 Å².